The van der Waals surface area contributed by atoms with Gasteiger partial charge in [-0.15, -0.1) is 0 Å². The number of nitrogens with two attached hydrogens (primary N) is 1. The number of ether oxygens (including phenoxy) is 3. The summed E-state index contributed by atoms with van der Waals surface area (Å²) < 4.78 is 16.1. The SMILES string of the molecule is CCOC(=O)C1C2C(CC(=O)Nc3ccccc3)CC(C(=O)OCC)(C(=O)OC(C)(C)C)C12N. The van der Waals surface area contributed by atoms with Crippen LogP contribution in [0.5, 0.6) is 0 Å². The van der Waals surface area contributed by atoms with Gasteiger partial charge in [0.05, 0.1) is 24.7 Å². The lowest BCUT2D eigenvalue weighted by Crippen LogP contribution is -2.58. The summed E-state index contributed by atoms with van der Waals surface area (Å²) in [6, 6.07) is 8.92. The molecule has 186 valence electrons. The minimum Gasteiger partial charge on any atom is -0.466 e. The van der Waals surface area contributed by atoms with E-state index in [0.29, 0.717) is 5.69 Å². The summed E-state index contributed by atoms with van der Waals surface area (Å²) in [6.45, 7) is 8.47. The highest BCUT2D eigenvalue weighted by atomic mass is 16.6. The number of nitrogens with one attached hydrogen (secondary N) is 1. The third-order valence-corrected chi connectivity index (χ3v) is 6.55. The van der Waals surface area contributed by atoms with Gasteiger partial charge in [-0.2, -0.15) is 0 Å². The van der Waals surface area contributed by atoms with Crippen molar-refractivity contribution in [2.75, 3.05) is 18.5 Å². The van der Waals surface area contributed by atoms with E-state index in [-0.39, 0.29) is 32.0 Å². The summed E-state index contributed by atoms with van der Waals surface area (Å²) in [7, 11) is 0. The molecule has 1 amide bonds. The van der Waals surface area contributed by atoms with Gasteiger partial charge in [0.1, 0.15) is 5.60 Å². The van der Waals surface area contributed by atoms with Gasteiger partial charge in [-0.1, -0.05) is 18.2 Å². The summed E-state index contributed by atoms with van der Waals surface area (Å²) in [5.74, 6) is -4.65. The molecule has 0 heterocycles. The Morgan fingerprint density at radius 2 is 1.65 bits per heavy atom. The molecule has 9 heteroatoms. The predicted octanol–water partition coefficient (Wildman–Crippen LogP) is 2.43. The molecule has 1 aromatic rings. The van der Waals surface area contributed by atoms with Crippen molar-refractivity contribution in [3.8, 4) is 0 Å². The first-order chi connectivity index (χ1) is 15.9. The number of hydrogen-bond donors (Lipinski definition) is 2. The normalized spacial score (nSPS) is 29.5. The molecule has 0 radical (unpaired) electrons. The molecule has 0 spiro atoms. The maximum atomic E-state index is 13.5. The molecule has 2 saturated carbocycles. The van der Waals surface area contributed by atoms with Crippen molar-refractivity contribution in [1.29, 1.82) is 0 Å². The molecule has 5 unspecified atom stereocenters. The summed E-state index contributed by atoms with van der Waals surface area (Å²) in [5.41, 5.74) is 2.97. The van der Waals surface area contributed by atoms with Crippen molar-refractivity contribution in [2.45, 2.75) is 58.6 Å². The average Bonchev–Trinajstić information content (AvgIpc) is 3.29. The summed E-state index contributed by atoms with van der Waals surface area (Å²) in [6.07, 6.45) is -0.0849. The highest BCUT2D eigenvalue weighted by Gasteiger charge is 2.87. The molecule has 2 aliphatic carbocycles. The summed E-state index contributed by atoms with van der Waals surface area (Å²) in [5, 5.41) is 2.81. The van der Waals surface area contributed by atoms with Crippen LogP contribution in [-0.4, -0.2) is 48.2 Å². The second-order valence-electron chi connectivity index (χ2n) is 9.90. The van der Waals surface area contributed by atoms with Gasteiger partial charge in [-0.25, -0.2) is 0 Å². The molecular formula is C25H34N2O7. The van der Waals surface area contributed by atoms with E-state index in [4.69, 9.17) is 19.9 Å². The predicted molar refractivity (Wildman–Crippen MR) is 123 cm³/mol. The van der Waals surface area contributed by atoms with Crippen LogP contribution in [0.2, 0.25) is 0 Å². The Kier molecular flexibility index (Phi) is 7.07. The van der Waals surface area contributed by atoms with Crippen LogP contribution in [0.3, 0.4) is 0 Å². The number of fused-ring (bicyclic) bond motifs is 1. The molecule has 3 rings (SSSR count). The van der Waals surface area contributed by atoms with Gasteiger partial charge in [0.25, 0.3) is 0 Å². The van der Waals surface area contributed by atoms with Gasteiger partial charge < -0.3 is 25.3 Å². The van der Waals surface area contributed by atoms with Crippen molar-refractivity contribution in [3.05, 3.63) is 30.3 Å². The Bertz CT molecular complexity index is 958. The van der Waals surface area contributed by atoms with Crippen molar-refractivity contribution in [3.63, 3.8) is 0 Å². The van der Waals surface area contributed by atoms with Crippen LogP contribution in [0.15, 0.2) is 30.3 Å². The quantitative estimate of drug-likeness (QED) is 0.333. The van der Waals surface area contributed by atoms with Crippen molar-refractivity contribution < 1.29 is 33.4 Å². The van der Waals surface area contributed by atoms with Crippen LogP contribution < -0.4 is 11.1 Å². The van der Waals surface area contributed by atoms with Crippen molar-refractivity contribution in [1.82, 2.24) is 0 Å². The van der Waals surface area contributed by atoms with Crippen LogP contribution in [0.1, 0.15) is 47.5 Å². The Balaban J connectivity index is 1.98. The van der Waals surface area contributed by atoms with Gasteiger partial charge >= 0.3 is 17.9 Å². The number of anilines is 1. The molecule has 9 nitrogen and oxygen atoms in total. The highest BCUT2D eigenvalue weighted by Crippen LogP contribution is 2.72. The number of rotatable bonds is 8. The molecule has 2 fully saturated rings. The summed E-state index contributed by atoms with van der Waals surface area (Å²) in [4.78, 5) is 52.5. The van der Waals surface area contributed by atoms with Gasteiger partial charge in [0.15, 0.2) is 5.41 Å². The number of amides is 1. The fourth-order valence-corrected chi connectivity index (χ4v) is 5.31. The van der Waals surface area contributed by atoms with Gasteiger partial charge in [0.2, 0.25) is 5.91 Å². The molecular weight excluding hydrogens is 440 g/mol. The molecule has 0 saturated heterocycles. The maximum Gasteiger partial charge on any atom is 0.325 e. The number of benzene rings is 1. The average molecular weight is 475 g/mol. The second-order valence-corrected chi connectivity index (χ2v) is 9.90. The van der Waals surface area contributed by atoms with E-state index in [1.807, 2.05) is 6.07 Å². The van der Waals surface area contributed by atoms with Crippen LogP contribution >= 0.6 is 0 Å². The first kappa shape index (κ1) is 25.7. The molecule has 2 aliphatic rings. The van der Waals surface area contributed by atoms with Crippen LogP contribution in [-0.2, 0) is 33.4 Å². The van der Waals surface area contributed by atoms with E-state index in [2.05, 4.69) is 5.32 Å². The summed E-state index contributed by atoms with van der Waals surface area (Å²) >= 11 is 0. The van der Waals surface area contributed by atoms with Gasteiger partial charge in [0, 0.05) is 12.1 Å². The zero-order valence-electron chi connectivity index (χ0n) is 20.4. The van der Waals surface area contributed by atoms with Crippen molar-refractivity contribution >= 4 is 29.5 Å². The molecule has 0 bridgehead atoms. The lowest BCUT2D eigenvalue weighted by molar-refractivity contribution is -0.183. The fraction of sp³-hybridized carbons (Fsp3) is 0.600. The molecule has 0 aromatic heterocycles. The smallest absolute Gasteiger partial charge is 0.325 e. The second kappa shape index (κ2) is 9.37. The monoisotopic (exact) mass is 474 g/mol. The third-order valence-electron chi connectivity index (χ3n) is 6.55. The lowest BCUT2D eigenvalue weighted by atomic mass is 9.74. The first-order valence-corrected chi connectivity index (χ1v) is 11.6. The molecule has 3 N–H and O–H groups in total. The lowest BCUT2D eigenvalue weighted by Gasteiger charge is -2.35. The van der Waals surface area contributed by atoms with Crippen LogP contribution in [0.4, 0.5) is 5.69 Å². The zero-order valence-corrected chi connectivity index (χ0v) is 20.4. The molecule has 5 atom stereocenters. The topological polar surface area (TPSA) is 134 Å². The molecule has 1 aromatic carbocycles. The number of carbonyl (C=O) groups is 4. The first-order valence-electron chi connectivity index (χ1n) is 11.6. The van der Waals surface area contributed by atoms with E-state index in [9.17, 15) is 19.2 Å². The number of para-hydroxylation sites is 1. The Labute approximate surface area is 199 Å². The minimum absolute atomic E-state index is 0.0212. The van der Waals surface area contributed by atoms with E-state index < -0.39 is 52.2 Å². The fourth-order valence-electron chi connectivity index (χ4n) is 5.31. The molecule has 34 heavy (non-hydrogen) atoms. The Hall–Kier alpha value is -2.94. The van der Waals surface area contributed by atoms with Crippen molar-refractivity contribution in [2.24, 2.45) is 28.9 Å². The standard InChI is InChI=1S/C25H34N2O7/c1-6-32-20(29)19-18-15(13-17(28)27-16-11-9-8-10-12-16)14-24(25(18,19)26,21(30)33-7-2)22(31)34-23(3,4)5/h8-12,15,18-19H,6-7,13-14,26H2,1-5H3,(H,27,28). The number of hydrogen-bond acceptors (Lipinski definition) is 8. The Morgan fingerprint density at radius 3 is 2.21 bits per heavy atom. The van der Waals surface area contributed by atoms with E-state index >= 15 is 0 Å². The minimum atomic E-state index is -1.92. The number of carbonyl (C=O) groups excluding carboxylic acids is 4. The van der Waals surface area contributed by atoms with Gasteiger partial charge in [-0.05, 0) is 65.0 Å². The maximum absolute atomic E-state index is 13.5. The van der Waals surface area contributed by atoms with E-state index in [1.54, 1.807) is 58.9 Å². The Morgan fingerprint density at radius 1 is 1.03 bits per heavy atom. The van der Waals surface area contributed by atoms with E-state index in [1.165, 1.54) is 0 Å². The highest BCUT2D eigenvalue weighted by molar-refractivity contribution is 6.06. The third kappa shape index (κ3) is 4.41. The zero-order chi connectivity index (χ0) is 25.3. The largest absolute Gasteiger partial charge is 0.466 e. The van der Waals surface area contributed by atoms with Gasteiger partial charge in [-0.3, -0.25) is 19.2 Å². The van der Waals surface area contributed by atoms with Crippen LogP contribution in [0.25, 0.3) is 0 Å². The number of esters is 3. The van der Waals surface area contributed by atoms with E-state index in [0.717, 1.165) is 0 Å². The van der Waals surface area contributed by atoms with Crippen LogP contribution in [0, 0.1) is 23.2 Å². The molecule has 0 aliphatic heterocycles.